The minimum Gasteiger partial charge on any atom is -0.338 e. The van der Waals surface area contributed by atoms with Crippen LogP contribution in [0.3, 0.4) is 0 Å². The Labute approximate surface area is 137 Å². The molecule has 4 fully saturated rings. The Kier molecular flexibility index (Phi) is 3.78. The van der Waals surface area contributed by atoms with E-state index in [1.165, 1.54) is 25.3 Å². The highest BCUT2D eigenvalue weighted by Gasteiger charge is 2.51. The fraction of sp³-hybridized carbons (Fsp3) is 0.632. The number of hydrogen-bond donors (Lipinski definition) is 2. The summed E-state index contributed by atoms with van der Waals surface area (Å²) >= 11 is 0. The van der Waals surface area contributed by atoms with Crippen LogP contribution in [0.4, 0.5) is 9.18 Å². The van der Waals surface area contributed by atoms with Gasteiger partial charge in [-0.05, 0) is 74.3 Å². The van der Waals surface area contributed by atoms with Gasteiger partial charge in [0.1, 0.15) is 5.82 Å². The van der Waals surface area contributed by atoms with Gasteiger partial charge in [-0.1, -0.05) is 18.2 Å². The molecular formula is C19H25FN2O. The molecule has 3 nitrogen and oxygen atoms in total. The Morgan fingerprint density at radius 2 is 1.70 bits per heavy atom. The van der Waals surface area contributed by atoms with Crippen molar-refractivity contribution in [3.8, 4) is 0 Å². The summed E-state index contributed by atoms with van der Waals surface area (Å²) in [6.07, 6.45) is 8.10. The minimum atomic E-state index is -0.198. The summed E-state index contributed by atoms with van der Waals surface area (Å²) in [6, 6.07) is 6.67. The van der Waals surface area contributed by atoms with Crippen LogP contribution in [0.2, 0.25) is 0 Å². The van der Waals surface area contributed by atoms with Gasteiger partial charge in [0.15, 0.2) is 0 Å². The third kappa shape index (κ3) is 3.08. The van der Waals surface area contributed by atoms with Crippen LogP contribution in [0.25, 0.3) is 0 Å². The van der Waals surface area contributed by atoms with Gasteiger partial charge < -0.3 is 10.6 Å². The molecule has 4 aliphatic carbocycles. The van der Waals surface area contributed by atoms with Crippen LogP contribution < -0.4 is 10.6 Å². The molecule has 1 aromatic carbocycles. The van der Waals surface area contributed by atoms with Crippen molar-refractivity contribution in [1.82, 2.24) is 10.6 Å². The fourth-order valence-corrected chi connectivity index (χ4v) is 5.56. The van der Waals surface area contributed by atoms with Crippen LogP contribution in [0.1, 0.15) is 44.1 Å². The van der Waals surface area contributed by atoms with E-state index in [9.17, 15) is 9.18 Å². The molecule has 4 heteroatoms. The second-order valence-electron chi connectivity index (χ2n) is 7.92. The summed E-state index contributed by atoms with van der Waals surface area (Å²) in [5, 5.41) is 6.20. The average molecular weight is 316 g/mol. The van der Waals surface area contributed by atoms with Crippen LogP contribution in [-0.2, 0) is 6.42 Å². The van der Waals surface area contributed by atoms with Crippen LogP contribution in [0.15, 0.2) is 24.3 Å². The molecule has 0 radical (unpaired) electrons. The van der Waals surface area contributed by atoms with Crippen molar-refractivity contribution in [1.29, 1.82) is 0 Å². The van der Waals surface area contributed by atoms with Gasteiger partial charge in [0, 0.05) is 12.1 Å². The number of nitrogens with one attached hydrogen (secondary N) is 2. The normalized spacial score (nSPS) is 34.4. The van der Waals surface area contributed by atoms with Gasteiger partial charge in [0.2, 0.25) is 0 Å². The lowest BCUT2D eigenvalue weighted by atomic mass is 9.53. The third-order valence-corrected chi connectivity index (χ3v) is 6.05. The number of amides is 2. The molecule has 5 rings (SSSR count). The van der Waals surface area contributed by atoms with Crippen molar-refractivity contribution in [3.05, 3.63) is 35.6 Å². The molecule has 23 heavy (non-hydrogen) atoms. The highest BCUT2D eigenvalue weighted by molar-refractivity contribution is 5.74. The molecule has 2 N–H and O–H groups in total. The summed E-state index contributed by atoms with van der Waals surface area (Å²) < 4.78 is 13.6. The highest BCUT2D eigenvalue weighted by atomic mass is 19.1. The topological polar surface area (TPSA) is 41.1 Å². The molecule has 0 saturated heterocycles. The first-order chi connectivity index (χ1) is 11.1. The Bertz CT molecular complexity index is 566. The number of urea groups is 1. The van der Waals surface area contributed by atoms with Crippen LogP contribution in [0.5, 0.6) is 0 Å². The van der Waals surface area contributed by atoms with Gasteiger partial charge in [-0.25, -0.2) is 9.18 Å². The molecule has 0 heterocycles. The standard InChI is InChI=1S/C19H25FN2O/c20-17-4-2-1-3-16(17)5-6-21-18(23)22-19-10-13-7-14(11-19)9-15(8-13)12-19/h1-4,13-15H,5-12H2,(H2,21,22,23). The zero-order valence-electron chi connectivity index (χ0n) is 13.5. The van der Waals surface area contributed by atoms with E-state index in [0.717, 1.165) is 37.0 Å². The maximum Gasteiger partial charge on any atom is 0.315 e. The second kappa shape index (κ2) is 5.81. The SMILES string of the molecule is O=C(NCCc1ccccc1F)NC12CC3CC(CC(C3)C1)C2. The van der Waals surface area contributed by atoms with Crippen molar-refractivity contribution < 1.29 is 9.18 Å². The lowest BCUT2D eigenvalue weighted by Crippen LogP contribution is -2.61. The van der Waals surface area contributed by atoms with Crippen molar-refractivity contribution in [2.45, 2.75) is 50.5 Å². The lowest BCUT2D eigenvalue weighted by molar-refractivity contribution is -0.0135. The molecule has 0 unspecified atom stereocenters. The first-order valence-corrected chi connectivity index (χ1v) is 8.91. The number of benzene rings is 1. The van der Waals surface area contributed by atoms with E-state index >= 15 is 0 Å². The van der Waals surface area contributed by atoms with E-state index in [4.69, 9.17) is 0 Å². The van der Waals surface area contributed by atoms with Crippen molar-refractivity contribution in [2.24, 2.45) is 17.8 Å². The Morgan fingerprint density at radius 1 is 1.09 bits per heavy atom. The molecule has 1 aromatic rings. The molecule has 0 aromatic heterocycles. The number of halogens is 1. The van der Waals surface area contributed by atoms with Gasteiger partial charge in [-0.15, -0.1) is 0 Å². The predicted octanol–water partition coefficient (Wildman–Crippen LogP) is 3.64. The van der Waals surface area contributed by atoms with Gasteiger partial charge >= 0.3 is 6.03 Å². The smallest absolute Gasteiger partial charge is 0.315 e. The summed E-state index contributed by atoms with van der Waals surface area (Å²) in [5.41, 5.74) is 0.694. The molecule has 0 atom stereocenters. The van der Waals surface area contributed by atoms with Crippen LogP contribution >= 0.6 is 0 Å². The zero-order valence-corrected chi connectivity index (χ0v) is 13.5. The fourth-order valence-electron chi connectivity index (χ4n) is 5.56. The number of hydrogen-bond acceptors (Lipinski definition) is 1. The molecule has 124 valence electrons. The molecule has 0 aliphatic heterocycles. The van der Waals surface area contributed by atoms with E-state index < -0.39 is 0 Å². The van der Waals surface area contributed by atoms with E-state index in [1.54, 1.807) is 12.1 Å². The lowest BCUT2D eigenvalue weighted by Gasteiger charge is -2.56. The Balaban J connectivity index is 1.30. The van der Waals surface area contributed by atoms with E-state index in [1.807, 2.05) is 6.07 Å². The third-order valence-electron chi connectivity index (χ3n) is 6.05. The zero-order chi connectivity index (χ0) is 15.9. The average Bonchev–Trinajstić information content (AvgIpc) is 2.47. The largest absolute Gasteiger partial charge is 0.338 e. The Hall–Kier alpha value is -1.58. The van der Waals surface area contributed by atoms with Gasteiger partial charge in [0.25, 0.3) is 0 Å². The number of carbonyl (C=O) groups is 1. The van der Waals surface area contributed by atoms with Crippen LogP contribution in [0, 0.1) is 23.6 Å². The van der Waals surface area contributed by atoms with E-state index in [0.29, 0.717) is 18.5 Å². The molecule has 4 aliphatic rings. The molecule has 2 amide bonds. The molecule has 0 spiro atoms. The molecule has 4 saturated carbocycles. The predicted molar refractivity (Wildman–Crippen MR) is 87.5 cm³/mol. The minimum absolute atomic E-state index is 0.0385. The second-order valence-corrected chi connectivity index (χ2v) is 7.92. The first kappa shape index (κ1) is 15.0. The molecular weight excluding hydrogens is 291 g/mol. The number of carbonyl (C=O) groups excluding carboxylic acids is 1. The summed E-state index contributed by atoms with van der Waals surface area (Å²) in [7, 11) is 0. The van der Waals surface area contributed by atoms with Crippen molar-refractivity contribution in [2.75, 3.05) is 6.54 Å². The van der Waals surface area contributed by atoms with Gasteiger partial charge in [0.05, 0.1) is 0 Å². The van der Waals surface area contributed by atoms with Gasteiger partial charge in [-0.2, -0.15) is 0 Å². The maximum atomic E-state index is 13.6. The quantitative estimate of drug-likeness (QED) is 0.875. The summed E-state index contributed by atoms with van der Waals surface area (Å²) in [4.78, 5) is 12.3. The maximum absolute atomic E-state index is 13.6. The van der Waals surface area contributed by atoms with Crippen molar-refractivity contribution >= 4 is 6.03 Å². The summed E-state index contributed by atoms with van der Waals surface area (Å²) in [5.74, 6) is 2.26. The van der Waals surface area contributed by atoms with E-state index in [2.05, 4.69) is 10.6 Å². The Morgan fingerprint density at radius 3 is 2.30 bits per heavy atom. The summed E-state index contributed by atoms with van der Waals surface area (Å²) in [6.45, 7) is 0.471. The monoisotopic (exact) mass is 316 g/mol. The van der Waals surface area contributed by atoms with Crippen molar-refractivity contribution in [3.63, 3.8) is 0 Å². The van der Waals surface area contributed by atoms with Crippen LogP contribution in [-0.4, -0.2) is 18.1 Å². The first-order valence-electron chi connectivity index (χ1n) is 8.91. The highest BCUT2D eigenvalue weighted by Crippen LogP contribution is 2.55. The number of rotatable bonds is 4. The van der Waals surface area contributed by atoms with Gasteiger partial charge in [-0.3, -0.25) is 0 Å². The van der Waals surface area contributed by atoms with E-state index in [-0.39, 0.29) is 17.4 Å². The molecule has 4 bridgehead atoms.